The highest BCUT2D eigenvalue weighted by atomic mass is 19.1. The van der Waals surface area contributed by atoms with Gasteiger partial charge in [-0.05, 0) is 36.4 Å². The molecule has 0 aliphatic heterocycles. The molecule has 90 valence electrons. The Hall–Kier alpha value is -2.29. The second kappa shape index (κ2) is 4.18. The van der Waals surface area contributed by atoms with Crippen molar-refractivity contribution in [3.05, 3.63) is 54.3 Å². The maximum Gasteiger partial charge on any atom is 0.177 e. The molecule has 3 heteroatoms. The largest absolute Gasteiger partial charge is 0.497 e. The third kappa shape index (κ3) is 1.64. The van der Waals surface area contributed by atoms with E-state index in [1.807, 2.05) is 6.07 Å². The first kappa shape index (κ1) is 10.8. The number of hydrogen-bond acceptors (Lipinski definition) is 2. The van der Waals surface area contributed by atoms with Crippen LogP contribution in [-0.4, -0.2) is 7.11 Å². The molecule has 1 aromatic heterocycles. The fourth-order valence-electron chi connectivity index (χ4n) is 1.94. The van der Waals surface area contributed by atoms with E-state index in [2.05, 4.69) is 0 Å². The highest BCUT2D eigenvalue weighted by Gasteiger charge is 2.15. The standard InChI is InChI=1S/C15H11FO2/c1-17-11-8-6-10(7-9-11)15-14(16)12-4-2-3-5-13(12)18-15/h2-9H,1H3. The Labute approximate surface area is 104 Å². The normalized spacial score (nSPS) is 10.8. The van der Waals surface area contributed by atoms with Crippen LogP contribution in [0.4, 0.5) is 4.39 Å². The van der Waals surface area contributed by atoms with Crippen molar-refractivity contribution in [3.63, 3.8) is 0 Å². The predicted molar refractivity (Wildman–Crippen MR) is 68.2 cm³/mol. The zero-order chi connectivity index (χ0) is 12.5. The van der Waals surface area contributed by atoms with Crippen LogP contribution in [0.1, 0.15) is 0 Å². The summed E-state index contributed by atoms with van der Waals surface area (Å²) in [4.78, 5) is 0. The topological polar surface area (TPSA) is 22.4 Å². The van der Waals surface area contributed by atoms with Gasteiger partial charge >= 0.3 is 0 Å². The third-order valence-corrected chi connectivity index (χ3v) is 2.89. The lowest BCUT2D eigenvalue weighted by Gasteiger charge is -2.00. The van der Waals surface area contributed by atoms with Crippen molar-refractivity contribution >= 4 is 11.0 Å². The quantitative estimate of drug-likeness (QED) is 0.670. The van der Waals surface area contributed by atoms with Gasteiger partial charge in [0.2, 0.25) is 0 Å². The second-order valence-corrected chi connectivity index (χ2v) is 3.97. The van der Waals surface area contributed by atoms with Gasteiger partial charge < -0.3 is 9.15 Å². The molecule has 0 unspecified atom stereocenters. The summed E-state index contributed by atoms with van der Waals surface area (Å²) < 4.78 is 24.8. The van der Waals surface area contributed by atoms with E-state index in [4.69, 9.17) is 9.15 Å². The van der Waals surface area contributed by atoms with E-state index < -0.39 is 0 Å². The number of fused-ring (bicyclic) bond motifs is 1. The molecule has 1 heterocycles. The summed E-state index contributed by atoms with van der Waals surface area (Å²) in [7, 11) is 1.59. The number of methoxy groups -OCH3 is 1. The van der Waals surface area contributed by atoms with Gasteiger partial charge in [0.05, 0.1) is 12.5 Å². The minimum Gasteiger partial charge on any atom is -0.497 e. The number of rotatable bonds is 2. The van der Waals surface area contributed by atoms with E-state index in [0.29, 0.717) is 16.5 Å². The third-order valence-electron chi connectivity index (χ3n) is 2.89. The molecule has 0 aliphatic rings. The summed E-state index contributed by atoms with van der Waals surface area (Å²) in [5.41, 5.74) is 1.25. The monoisotopic (exact) mass is 242 g/mol. The van der Waals surface area contributed by atoms with Gasteiger partial charge in [0, 0.05) is 5.56 Å². The lowest BCUT2D eigenvalue weighted by molar-refractivity contribution is 0.415. The molecule has 18 heavy (non-hydrogen) atoms. The molecule has 0 radical (unpaired) electrons. The summed E-state index contributed by atoms with van der Waals surface area (Å²) in [5.74, 6) is 0.671. The minimum atomic E-state index is -0.323. The van der Waals surface area contributed by atoms with Gasteiger partial charge in [-0.25, -0.2) is 4.39 Å². The summed E-state index contributed by atoms with van der Waals surface area (Å²) in [6.45, 7) is 0. The van der Waals surface area contributed by atoms with Crippen molar-refractivity contribution in [2.75, 3.05) is 7.11 Å². The van der Waals surface area contributed by atoms with Crippen LogP contribution in [0.2, 0.25) is 0 Å². The molecule has 2 nitrogen and oxygen atoms in total. The molecular weight excluding hydrogens is 231 g/mol. The van der Waals surface area contributed by atoms with Gasteiger partial charge in [-0.3, -0.25) is 0 Å². The zero-order valence-electron chi connectivity index (χ0n) is 9.81. The Morgan fingerprint density at radius 1 is 1.00 bits per heavy atom. The maximum atomic E-state index is 14.2. The van der Waals surface area contributed by atoms with E-state index in [9.17, 15) is 4.39 Å². The van der Waals surface area contributed by atoms with Crippen molar-refractivity contribution in [2.24, 2.45) is 0 Å². The van der Waals surface area contributed by atoms with E-state index in [-0.39, 0.29) is 11.6 Å². The fraction of sp³-hybridized carbons (Fsp3) is 0.0667. The molecule has 0 saturated carbocycles. The lowest BCUT2D eigenvalue weighted by atomic mass is 10.1. The van der Waals surface area contributed by atoms with E-state index in [0.717, 1.165) is 5.75 Å². The molecule has 0 bridgehead atoms. The number of benzene rings is 2. The van der Waals surface area contributed by atoms with Crippen LogP contribution in [-0.2, 0) is 0 Å². The maximum absolute atomic E-state index is 14.2. The average Bonchev–Trinajstić information content (AvgIpc) is 2.77. The van der Waals surface area contributed by atoms with Gasteiger partial charge in [-0.15, -0.1) is 0 Å². The molecule has 0 saturated heterocycles. The minimum absolute atomic E-state index is 0.263. The van der Waals surface area contributed by atoms with Crippen LogP contribution >= 0.6 is 0 Å². The van der Waals surface area contributed by atoms with Crippen molar-refractivity contribution in [3.8, 4) is 17.1 Å². The molecule has 0 spiro atoms. The fourth-order valence-corrected chi connectivity index (χ4v) is 1.94. The van der Waals surface area contributed by atoms with Crippen LogP contribution in [0, 0.1) is 5.82 Å². The molecule has 0 atom stereocenters. The van der Waals surface area contributed by atoms with E-state index >= 15 is 0 Å². The Morgan fingerprint density at radius 3 is 2.39 bits per heavy atom. The molecule has 3 aromatic rings. The Bertz CT molecular complexity index is 683. The van der Waals surface area contributed by atoms with Crippen molar-refractivity contribution < 1.29 is 13.5 Å². The summed E-state index contributed by atoms with van der Waals surface area (Å²) >= 11 is 0. The van der Waals surface area contributed by atoms with E-state index in [1.54, 1.807) is 49.6 Å². The smallest absolute Gasteiger partial charge is 0.177 e. The summed E-state index contributed by atoms with van der Waals surface area (Å²) in [5, 5.41) is 0.503. The second-order valence-electron chi connectivity index (χ2n) is 3.97. The molecule has 3 rings (SSSR count). The van der Waals surface area contributed by atoms with Gasteiger partial charge in [0.15, 0.2) is 11.6 Å². The van der Waals surface area contributed by atoms with Crippen LogP contribution in [0.15, 0.2) is 52.9 Å². The first-order valence-electron chi connectivity index (χ1n) is 5.61. The predicted octanol–water partition coefficient (Wildman–Crippen LogP) is 4.25. The summed E-state index contributed by atoms with van der Waals surface area (Å²) in [6, 6.07) is 14.2. The Kier molecular flexibility index (Phi) is 2.52. The van der Waals surface area contributed by atoms with Crippen LogP contribution in [0.25, 0.3) is 22.3 Å². The van der Waals surface area contributed by atoms with Crippen molar-refractivity contribution in [2.45, 2.75) is 0 Å². The number of hydrogen-bond donors (Lipinski definition) is 0. The SMILES string of the molecule is COc1ccc(-c2oc3ccccc3c2F)cc1. The molecule has 0 amide bonds. The van der Waals surface area contributed by atoms with Crippen molar-refractivity contribution in [1.29, 1.82) is 0 Å². The zero-order valence-corrected chi connectivity index (χ0v) is 9.81. The van der Waals surface area contributed by atoms with Gasteiger partial charge in [0.1, 0.15) is 11.3 Å². The van der Waals surface area contributed by atoms with Gasteiger partial charge in [-0.2, -0.15) is 0 Å². The van der Waals surface area contributed by atoms with Gasteiger partial charge in [-0.1, -0.05) is 12.1 Å². The molecule has 2 aromatic carbocycles. The number of para-hydroxylation sites is 1. The van der Waals surface area contributed by atoms with E-state index in [1.165, 1.54) is 0 Å². The highest BCUT2D eigenvalue weighted by Crippen LogP contribution is 2.32. The van der Waals surface area contributed by atoms with Crippen LogP contribution in [0.3, 0.4) is 0 Å². The highest BCUT2D eigenvalue weighted by molar-refractivity contribution is 5.83. The first-order chi connectivity index (χ1) is 8.79. The lowest BCUT2D eigenvalue weighted by Crippen LogP contribution is -1.83. The van der Waals surface area contributed by atoms with Gasteiger partial charge in [0.25, 0.3) is 0 Å². The number of ether oxygens (including phenoxy) is 1. The number of halogens is 1. The Balaban J connectivity index is 2.15. The number of furan rings is 1. The van der Waals surface area contributed by atoms with Crippen LogP contribution in [0.5, 0.6) is 5.75 Å². The molecule has 0 fully saturated rings. The first-order valence-corrected chi connectivity index (χ1v) is 5.61. The van der Waals surface area contributed by atoms with Crippen LogP contribution < -0.4 is 4.74 Å². The average molecular weight is 242 g/mol. The Morgan fingerprint density at radius 2 is 1.72 bits per heavy atom. The molecular formula is C15H11FO2. The summed E-state index contributed by atoms with van der Waals surface area (Å²) in [6.07, 6.45) is 0. The molecule has 0 N–H and O–H groups in total. The molecule has 0 aliphatic carbocycles. The van der Waals surface area contributed by atoms with Crippen molar-refractivity contribution in [1.82, 2.24) is 0 Å².